The first-order chi connectivity index (χ1) is 13.6. The summed E-state index contributed by atoms with van der Waals surface area (Å²) in [5.41, 5.74) is 1.55. The standard InChI is InChI=1S/C20H20Cl2O6/c21-13-5-1-11(2-6-13)19-25-15(9-23)17(27-19)18-16(10-24)26-20(28-18)12-3-7-14(22)8-4-12/h1-8,15-20,23-24H,9-10H2/t15-,16+,17-,18-,19?,20?/m0/s1. The molecule has 150 valence electrons. The van der Waals surface area contributed by atoms with Gasteiger partial charge in [0.15, 0.2) is 12.6 Å². The molecule has 2 heterocycles. The average Bonchev–Trinajstić information content (AvgIpc) is 3.33. The van der Waals surface area contributed by atoms with Crippen molar-refractivity contribution in [3.8, 4) is 0 Å². The fourth-order valence-corrected chi connectivity index (χ4v) is 3.68. The fourth-order valence-electron chi connectivity index (χ4n) is 3.42. The Morgan fingerprint density at radius 1 is 0.607 bits per heavy atom. The number of aliphatic hydroxyl groups is 2. The number of rotatable bonds is 5. The number of hydrogen-bond acceptors (Lipinski definition) is 6. The molecule has 6 nitrogen and oxygen atoms in total. The van der Waals surface area contributed by atoms with Crippen molar-refractivity contribution in [3.63, 3.8) is 0 Å². The van der Waals surface area contributed by atoms with Gasteiger partial charge in [0.05, 0.1) is 13.2 Å². The lowest BCUT2D eigenvalue weighted by Crippen LogP contribution is -2.44. The lowest BCUT2D eigenvalue weighted by molar-refractivity contribution is -0.107. The lowest BCUT2D eigenvalue weighted by atomic mass is 10.0. The Labute approximate surface area is 172 Å². The van der Waals surface area contributed by atoms with E-state index < -0.39 is 37.0 Å². The molecule has 0 radical (unpaired) electrons. The number of hydrogen-bond donors (Lipinski definition) is 2. The minimum Gasteiger partial charge on any atom is -0.394 e. The van der Waals surface area contributed by atoms with Crippen LogP contribution >= 0.6 is 23.2 Å². The normalized spacial score (nSPS) is 32.7. The third-order valence-corrected chi connectivity index (χ3v) is 5.36. The molecule has 8 heteroatoms. The van der Waals surface area contributed by atoms with Crippen LogP contribution in [0.4, 0.5) is 0 Å². The largest absolute Gasteiger partial charge is 0.394 e. The van der Waals surface area contributed by atoms with Crippen molar-refractivity contribution >= 4 is 23.2 Å². The third kappa shape index (κ3) is 4.06. The van der Waals surface area contributed by atoms with E-state index in [1.807, 2.05) is 0 Å². The molecular weight excluding hydrogens is 407 g/mol. The second kappa shape index (κ2) is 8.65. The number of halogens is 2. The van der Waals surface area contributed by atoms with Crippen molar-refractivity contribution in [3.05, 3.63) is 69.7 Å². The Morgan fingerprint density at radius 3 is 1.29 bits per heavy atom. The predicted octanol–water partition coefficient (Wildman–Crippen LogP) is 3.24. The van der Waals surface area contributed by atoms with Crippen LogP contribution in [0.3, 0.4) is 0 Å². The number of ether oxygens (including phenoxy) is 4. The van der Waals surface area contributed by atoms with Crippen molar-refractivity contribution in [2.45, 2.75) is 37.0 Å². The summed E-state index contributed by atoms with van der Waals surface area (Å²) in [6.07, 6.45) is -3.80. The zero-order valence-electron chi connectivity index (χ0n) is 14.8. The molecule has 0 bridgehead atoms. The van der Waals surface area contributed by atoms with E-state index in [1.54, 1.807) is 48.5 Å². The summed E-state index contributed by atoms with van der Waals surface area (Å²) in [5.74, 6) is 0. The van der Waals surface area contributed by atoms with E-state index in [-0.39, 0.29) is 13.2 Å². The fraction of sp³-hybridized carbons (Fsp3) is 0.400. The molecule has 2 saturated heterocycles. The predicted molar refractivity (Wildman–Crippen MR) is 102 cm³/mol. The summed E-state index contributed by atoms with van der Waals surface area (Å²) in [6, 6.07) is 14.2. The molecular formula is C20H20Cl2O6. The van der Waals surface area contributed by atoms with Crippen LogP contribution in [0.1, 0.15) is 23.7 Å². The summed E-state index contributed by atoms with van der Waals surface area (Å²) < 4.78 is 23.8. The number of benzene rings is 2. The smallest absolute Gasteiger partial charge is 0.184 e. The summed E-state index contributed by atoms with van der Waals surface area (Å²) in [7, 11) is 0. The maximum atomic E-state index is 9.78. The van der Waals surface area contributed by atoms with Crippen LogP contribution in [0.25, 0.3) is 0 Å². The van der Waals surface area contributed by atoms with Crippen LogP contribution in [0.15, 0.2) is 48.5 Å². The molecule has 0 amide bonds. The van der Waals surface area contributed by atoms with E-state index in [9.17, 15) is 10.2 Å². The minimum atomic E-state index is -0.669. The summed E-state index contributed by atoms with van der Waals surface area (Å²) >= 11 is 11.9. The summed E-state index contributed by atoms with van der Waals surface area (Å²) in [5, 5.41) is 20.8. The first-order valence-electron chi connectivity index (χ1n) is 8.93. The molecule has 28 heavy (non-hydrogen) atoms. The van der Waals surface area contributed by atoms with E-state index in [0.29, 0.717) is 10.0 Å². The second-order valence-electron chi connectivity index (χ2n) is 6.68. The van der Waals surface area contributed by atoms with Gasteiger partial charge in [-0.25, -0.2) is 0 Å². The van der Waals surface area contributed by atoms with Gasteiger partial charge in [-0.1, -0.05) is 47.5 Å². The van der Waals surface area contributed by atoms with Gasteiger partial charge in [-0.2, -0.15) is 0 Å². The van der Waals surface area contributed by atoms with Crippen molar-refractivity contribution < 1.29 is 29.2 Å². The van der Waals surface area contributed by atoms with Gasteiger partial charge in [-0.3, -0.25) is 0 Å². The summed E-state index contributed by atoms with van der Waals surface area (Å²) in [6.45, 7) is -0.503. The Morgan fingerprint density at radius 2 is 0.964 bits per heavy atom. The van der Waals surface area contributed by atoms with Crippen molar-refractivity contribution in [1.82, 2.24) is 0 Å². The van der Waals surface area contributed by atoms with Crippen molar-refractivity contribution in [2.24, 2.45) is 0 Å². The highest BCUT2D eigenvalue weighted by molar-refractivity contribution is 6.30. The molecule has 0 aromatic heterocycles. The molecule has 2 aliphatic heterocycles. The van der Waals surface area contributed by atoms with Gasteiger partial charge >= 0.3 is 0 Å². The van der Waals surface area contributed by atoms with Gasteiger partial charge in [0.1, 0.15) is 24.4 Å². The van der Waals surface area contributed by atoms with Crippen LogP contribution in [0.5, 0.6) is 0 Å². The molecule has 2 unspecified atom stereocenters. The quantitative estimate of drug-likeness (QED) is 0.763. The van der Waals surface area contributed by atoms with E-state index in [0.717, 1.165) is 11.1 Å². The van der Waals surface area contributed by atoms with Gasteiger partial charge in [0, 0.05) is 21.2 Å². The topological polar surface area (TPSA) is 77.4 Å². The van der Waals surface area contributed by atoms with Crippen LogP contribution in [-0.2, 0) is 18.9 Å². The molecule has 2 aliphatic rings. The second-order valence-corrected chi connectivity index (χ2v) is 7.56. The number of aliphatic hydroxyl groups excluding tert-OH is 2. The maximum Gasteiger partial charge on any atom is 0.184 e. The molecule has 2 aromatic rings. The average molecular weight is 427 g/mol. The molecule has 0 aliphatic carbocycles. The van der Waals surface area contributed by atoms with Gasteiger partial charge in [-0.15, -0.1) is 0 Å². The Hall–Kier alpha value is -1.22. The summed E-state index contributed by atoms with van der Waals surface area (Å²) in [4.78, 5) is 0. The highest BCUT2D eigenvalue weighted by Gasteiger charge is 2.49. The Balaban J connectivity index is 1.52. The van der Waals surface area contributed by atoms with Crippen LogP contribution < -0.4 is 0 Å². The first kappa shape index (κ1) is 20.1. The highest BCUT2D eigenvalue weighted by atomic mass is 35.5. The molecule has 6 atom stereocenters. The van der Waals surface area contributed by atoms with Crippen LogP contribution in [-0.4, -0.2) is 47.8 Å². The highest BCUT2D eigenvalue weighted by Crippen LogP contribution is 2.40. The van der Waals surface area contributed by atoms with E-state index >= 15 is 0 Å². The van der Waals surface area contributed by atoms with Gasteiger partial charge < -0.3 is 29.2 Å². The van der Waals surface area contributed by atoms with Gasteiger partial charge in [-0.05, 0) is 24.3 Å². The monoisotopic (exact) mass is 426 g/mol. The van der Waals surface area contributed by atoms with E-state index in [1.165, 1.54) is 0 Å². The van der Waals surface area contributed by atoms with E-state index in [4.69, 9.17) is 42.1 Å². The Kier molecular flexibility index (Phi) is 6.20. The Bertz CT molecular complexity index is 717. The minimum absolute atomic E-state index is 0.252. The van der Waals surface area contributed by atoms with E-state index in [2.05, 4.69) is 0 Å². The molecule has 0 saturated carbocycles. The van der Waals surface area contributed by atoms with Gasteiger partial charge in [0.2, 0.25) is 0 Å². The zero-order valence-corrected chi connectivity index (χ0v) is 16.3. The molecule has 2 N–H and O–H groups in total. The molecule has 0 spiro atoms. The lowest BCUT2D eigenvalue weighted by Gasteiger charge is -2.23. The third-order valence-electron chi connectivity index (χ3n) is 4.86. The van der Waals surface area contributed by atoms with Crippen LogP contribution in [0, 0.1) is 0 Å². The van der Waals surface area contributed by atoms with Crippen molar-refractivity contribution in [1.29, 1.82) is 0 Å². The molecule has 2 aromatic carbocycles. The van der Waals surface area contributed by atoms with Crippen molar-refractivity contribution in [2.75, 3.05) is 13.2 Å². The first-order valence-corrected chi connectivity index (χ1v) is 9.69. The molecule has 4 rings (SSSR count). The molecule has 2 fully saturated rings. The maximum absolute atomic E-state index is 9.78. The SMILES string of the molecule is OC[C@@H]1OC(c2ccc(Cl)cc2)O[C@@H]1[C@H]1OC(c2ccc(Cl)cc2)O[C@@H]1CO. The van der Waals surface area contributed by atoms with Gasteiger partial charge in [0.25, 0.3) is 0 Å². The zero-order chi connectivity index (χ0) is 19.7. The van der Waals surface area contributed by atoms with Crippen LogP contribution in [0.2, 0.25) is 10.0 Å².